The number of nitrogens with two attached hydrogens (primary N) is 1. The van der Waals surface area contributed by atoms with Gasteiger partial charge in [0.2, 0.25) is 0 Å². The van der Waals surface area contributed by atoms with Gasteiger partial charge < -0.3 is 10.5 Å². The second kappa shape index (κ2) is 8.16. The topological polar surface area (TPSA) is 35.2 Å². The van der Waals surface area contributed by atoms with Crippen molar-refractivity contribution in [2.45, 2.75) is 46.0 Å². The Labute approximate surface area is 140 Å². The summed E-state index contributed by atoms with van der Waals surface area (Å²) in [7, 11) is 0. The van der Waals surface area contributed by atoms with Gasteiger partial charge in [0.15, 0.2) is 0 Å². The highest BCUT2D eigenvalue weighted by molar-refractivity contribution is 5.33. The lowest BCUT2D eigenvalue weighted by atomic mass is 9.93. The van der Waals surface area contributed by atoms with Crippen molar-refractivity contribution in [2.24, 2.45) is 5.73 Å². The molecule has 2 N–H and O–H groups in total. The Morgan fingerprint density at radius 3 is 2.13 bits per heavy atom. The van der Waals surface area contributed by atoms with Crippen LogP contribution in [0.2, 0.25) is 0 Å². The minimum Gasteiger partial charge on any atom is -0.494 e. The van der Waals surface area contributed by atoms with Gasteiger partial charge in [0.25, 0.3) is 0 Å². The Morgan fingerprint density at radius 1 is 0.913 bits per heavy atom. The number of ether oxygens (including phenoxy) is 1. The number of hydrogen-bond acceptors (Lipinski definition) is 2. The molecule has 23 heavy (non-hydrogen) atoms. The summed E-state index contributed by atoms with van der Waals surface area (Å²) in [6.45, 7) is 10.00. The van der Waals surface area contributed by atoms with Gasteiger partial charge >= 0.3 is 0 Å². The zero-order valence-corrected chi connectivity index (χ0v) is 14.8. The van der Waals surface area contributed by atoms with E-state index in [-0.39, 0.29) is 0 Å². The summed E-state index contributed by atoms with van der Waals surface area (Å²) in [6, 6.07) is 15.1. The van der Waals surface area contributed by atoms with E-state index in [0.29, 0.717) is 25.0 Å². The van der Waals surface area contributed by atoms with Gasteiger partial charge in [0.1, 0.15) is 5.75 Å². The molecule has 0 bridgehead atoms. The highest BCUT2D eigenvalue weighted by atomic mass is 16.5. The summed E-state index contributed by atoms with van der Waals surface area (Å²) in [5.41, 5.74) is 11.2. The van der Waals surface area contributed by atoms with Crippen LogP contribution in [0, 0.1) is 13.8 Å². The number of benzene rings is 2. The van der Waals surface area contributed by atoms with Crippen molar-refractivity contribution in [1.29, 1.82) is 0 Å². The molecule has 0 fully saturated rings. The maximum atomic E-state index is 5.97. The summed E-state index contributed by atoms with van der Waals surface area (Å²) in [4.78, 5) is 0. The lowest BCUT2D eigenvalue weighted by molar-refractivity contribution is 0.298. The predicted molar refractivity (Wildman–Crippen MR) is 98.4 cm³/mol. The quantitative estimate of drug-likeness (QED) is 0.786. The molecule has 124 valence electrons. The number of aryl methyl sites for hydroxylation is 2. The maximum absolute atomic E-state index is 5.97. The Balaban J connectivity index is 1.92. The molecule has 2 aromatic rings. The van der Waals surface area contributed by atoms with Crippen LogP contribution in [0.25, 0.3) is 0 Å². The first-order chi connectivity index (χ1) is 11.0. The summed E-state index contributed by atoms with van der Waals surface area (Å²) in [5.74, 6) is 1.86. The molecule has 0 aliphatic carbocycles. The Hall–Kier alpha value is -1.80. The highest BCUT2D eigenvalue weighted by Crippen LogP contribution is 2.23. The van der Waals surface area contributed by atoms with Crippen LogP contribution in [0.5, 0.6) is 5.75 Å². The molecule has 0 saturated heterocycles. The van der Waals surface area contributed by atoms with Crippen LogP contribution in [0.1, 0.15) is 54.4 Å². The van der Waals surface area contributed by atoms with Gasteiger partial charge in [-0.25, -0.2) is 0 Å². The van der Waals surface area contributed by atoms with Crippen molar-refractivity contribution in [1.82, 2.24) is 0 Å². The second-order valence-corrected chi connectivity index (χ2v) is 6.64. The standard InChI is InChI=1S/C21H29NO/c1-15(2)18-6-8-19(9-7-18)20(14-22)11-12-23-21-10-5-16(3)17(4)13-21/h5-10,13,15,20H,11-12,14,22H2,1-4H3. The van der Waals surface area contributed by atoms with Crippen LogP contribution >= 0.6 is 0 Å². The van der Waals surface area contributed by atoms with Crippen molar-refractivity contribution in [3.8, 4) is 5.75 Å². The van der Waals surface area contributed by atoms with Crippen molar-refractivity contribution in [3.05, 3.63) is 64.7 Å². The molecule has 1 unspecified atom stereocenters. The van der Waals surface area contributed by atoms with Crippen LogP contribution in [0.15, 0.2) is 42.5 Å². The first-order valence-electron chi connectivity index (χ1n) is 8.51. The Kier molecular flexibility index (Phi) is 6.23. The van der Waals surface area contributed by atoms with Gasteiger partial charge in [-0.1, -0.05) is 44.2 Å². The van der Waals surface area contributed by atoms with E-state index in [1.165, 1.54) is 22.3 Å². The Bertz CT molecular complexity index is 616. The molecular weight excluding hydrogens is 282 g/mol. The van der Waals surface area contributed by atoms with Gasteiger partial charge in [-0.3, -0.25) is 0 Å². The van der Waals surface area contributed by atoms with E-state index in [9.17, 15) is 0 Å². The van der Waals surface area contributed by atoms with Crippen LogP contribution in [0.3, 0.4) is 0 Å². The molecule has 1 atom stereocenters. The van der Waals surface area contributed by atoms with Gasteiger partial charge in [0.05, 0.1) is 6.61 Å². The monoisotopic (exact) mass is 311 g/mol. The average Bonchev–Trinajstić information content (AvgIpc) is 2.55. The normalized spacial score (nSPS) is 12.4. The van der Waals surface area contributed by atoms with Crippen LogP contribution < -0.4 is 10.5 Å². The van der Waals surface area contributed by atoms with E-state index in [4.69, 9.17) is 10.5 Å². The van der Waals surface area contributed by atoms with Crippen molar-refractivity contribution < 1.29 is 4.74 Å². The third-order valence-electron chi connectivity index (χ3n) is 4.57. The van der Waals surface area contributed by atoms with Crippen LogP contribution in [0.4, 0.5) is 0 Å². The first kappa shape index (κ1) is 17.6. The molecule has 2 heteroatoms. The number of hydrogen-bond donors (Lipinski definition) is 1. The highest BCUT2D eigenvalue weighted by Gasteiger charge is 2.11. The first-order valence-corrected chi connectivity index (χ1v) is 8.51. The SMILES string of the molecule is Cc1ccc(OCCC(CN)c2ccc(C(C)C)cc2)cc1C. The molecule has 0 heterocycles. The lowest BCUT2D eigenvalue weighted by Crippen LogP contribution is -2.15. The molecule has 0 amide bonds. The van der Waals surface area contributed by atoms with Crippen molar-refractivity contribution in [2.75, 3.05) is 13.2 Å². The van der Waals surface area contributed by atoms with E-state index in [1.807, 2.05) is 6.07 Å². The van der Waals surface area contributed by atoms with Gasteiger partial charge in [-0.15, -0.1) is 0 Å². The maximum Gasteiger partial charge on any atom is 0.119 e. The molecule has 2 aromatic carbocycles. The average molecular weight is 311 g/mol. The van der Waals surface area contributed by atoms with Gasteiger partial charge in [0, 0.05) is 0 Å². The third-order valence-corrected chi connectivity index (χ3v) is 4.57. The molecule has 2 nitrogen and oxygen atoms in total. The van der Waals surface area contributed by atoms with Crippen LogP contribution in [-0.4, -0.2) is 13.2 Å². The molecule has 0 radical (unpaired) electrons. The van der Waals surface area contributed by atoms with E-state index >= 15 is 0 Å². The zero-order chi connectivity index (χ0) is 16.8. The van der Waals surface area contributed by atoms with E-state index in [1.54, 1.807) is 0 Å². The molecule has 2 rings (SSSR count). The van der Waals surface area contributed by atoms with Crippen molar-refractivity contribution in [3.63, 3.8) is 0 Å². The minimum atomic E-state index is 0.350. The van der Waals surface area contributed by atoms with E-state index in [0.717, 1.165) is 12.2 Å². The molecule has 0 aliphatic rings. The molecule has 0 aromatic heterocycles. The van der Waals surface area contributed by atoms with Gasteiger partial charge in [-0.2, -0.15) is 0 Å². The number of rotatable bonds is 7. The van der Waals surface area contributed by atoms with Crippen LogP contribution in [-0.2, 0) is 0 Å². The molecule has 0 saturated carbocycles. The predicted octanol–water partition coefficient (Wildman–Crippen LogP) is 4.94. The smallest absolute Gasteiger partial charge is 0.119 e. The summed E-state index contributed by atoms with van der Waals surface area (Å²) in [5, 5.41) is 0. The summed E-state index contributed by atoms with van der Waals surface area (Å²) in [6.07, 6.45) is 0.935. The Morgan fingerprint density at radius 2 is 1.57 bits per heavy atom. The molecular formula is C21H29NO. The second-order valence-electron chi connectivity index (χ2n) is 6.64. The summed E-state index contributed by atoms with van der Waals surface area (Å²) < 4.78 is 5.90. The fourth-order valence-electron chi connectivity index (χ4n) is 2.70. The van der Waals surface area contributed by atoms with E-state index in [2.05, 4.69) is 64.1 Å². The zero-order valence-electron chi connectivity index (χ0n) is 14.8. The van der Waals surface area contributed by atoms with Crippen molar-refractivity contribution >= 4 is 0 Å². The lowest BCUT2D eigenvalue weighted by Gasteiger charge is -2.17. The third kappa shape index (κ3) is 4.84. The fourth-order valence-corrected chi connectivity index (χ4v) is 2.70. The van der Waals surface area contributed by atoms with E-state index < -0.39 is 0 Å². The molecule has 0 aliphatic heterocycles. The fraction of sp³-hybridized carbons (Fsp3) is 0.429. The largest absolute Gasteiger partial charge is 0.494 e. The summed E-state index contributed by atoms with van der Waals surface area (Å²) >= 11 is 0. The molecule has 0 spiro atoms. The minimum absolute atomic E-state index is 0.350. The van der Waals surface area contributed by atoms with Gasteiger partial charge in [-0.05, 0) is 73.0 Å².